The zero-order valence-corrected chi connectivity index (χ0v) is 21.9. The van der Waals surface area contributed by atoms with Gasteiger partial charge in [-0.15, -0.1) is 0 Å². The molecule has 6 rings (SSSR count). The Bertz CT molecular complexity index is 1550. The molecular weight excluding hydrogens is 505 g/mol. The van der Waals surface area contributed by atoms with Crippen molar-refractivity contribution >= 4 is 21.6 Å². The minimum Gasteiger partial charge on any atom is -0.255 e. The fraction of sp³-hybridized carbons (Fsp3) is 0. The lowest BCUT2D eigenvalue weighted by Gasteiger charge is -2.12. The summed E-state index contributed by atoms with van der Waals surface area (Å²) in [6, 6.07) is 40.7. The van der Waals surface area contributed by atoms with Gasteiger partial charge in [0.1, 0.15) is 0 Å². The summed E-state index contributed by atoms with van der Waals surface area (Å²) in [4.78, 5) is 21.1. The van der Waals surface area contributed by atoms with E-state index in [-0.39, 0.29) is 0 Å². The zero-order valence-electron chi connectivity index (χ0n) is 20.3. The lowest BCUT2D eigenvalue weighted by atomic mass is 10.1. The Morgan fingerprint density at radius 2 is 0.737 bits per heavy atom. The molecule has 0 radical (unpaired) electrons. The Kier molecular flexibility index (Phi) is 7.24. The molecule has 6 aromatic rings. The topological polar surface area (TPSA) is 51.6 Å². The van der Waals surface area contributed by atoms with Gasteiger partial charge < -0.3 is 0 Å². The number of hydrogen-bond donors (Lipinski definition) is 0. The summed E-state index contributed by atoms with van der Waals surface area (Å²) in [6.07, 6.45) is 3.59. The molecule has 0 unspecified atom stereocenters. The molecule has 0 aliphatic carbocycles. The van der Waals surface area contributed by atoms with Crippen molar-refractivity contribution in [2.24, 2.45) is 0 Å². The highest BCUT2D eigenvalue weighted by atomic mass is 33.1. The van der Waals surface area contributed by atoms with Crippen LogP contribution in [0.3, 0.4) is 0 Å². The average Bonchev–Trinajstić information content (AvgIpc) is 3.01. The van der Waals surface area contributed by atoms with E-state index < -0.39 is 0 Å². The normalized spacial score (nSPS) is 10.8. The van der Waals surface area contributed by atoms with Crippen molar-refractivity contribution in [2.45, 2.75) is 9.79 Å². The first-order valence-corrected chi connectivity index (χ1v) is 14.3. The monoisotopic (exact) mass is 526 g/mol. The first-order chi connectivity index (χ1) is 18.8. The third-order valence-electron chi connectivity index (χ3n) is 5.90. The van der Waals surface area contributed by atoms with E-state index in [0.717, 1.165) is 55.1 Å². The fourth-order valence-corrected chi connectivity index (χ4v) is 6.46. The molecule has 0 fully saturated rings. The van der Waals surface area contributed by atoms with E-state index in [9.17, 15) is 0 Å². The van der Waals surface area contributed by atoms with E-state index in [1.165, 1.54) is 0 Å². The van der Waals surface area contributed by atoms with Gasteiger partial charge in [-0.3, -0.25) is 9.97 Å². The standard InChI is InChI=1S/C32H22N4S2/c1-3-19-31(23(11-1)25-15-9-17-29(35-25)27-13-5-7-21-33-27)37-38-32-20-4-2-12-24(32)26-16-10-18-30(36-26)28-14-6-8-22-34-28/h1-22H. The predicted molar refractivity (Wildman–Crippen MR) is 158 cm³/mol. The molecule has 0 saturated heterocycles. The fourth-order valence-electron chi connectivity index (χ4n) is 4.07. The molecule has 0 spiro atoms. The van der Waals surface area contributed by atoms with Gasteiger partial charge in [0.05, 0.1) is 34.2 Å². The second kappa shape index (κ2) is 11.4. The van der Waals surface area contributed by atoms with Crippen LogP contribution in [0.25, 0.3) is 45.3 Å². The number of hydrogen-bond acceptors (Lipinski definition) is 6. The van der Waals surface area contributed by atoms with E-state index in [1.54, 1.807) is 34.0 Å². The third-order valence-corrected chi connectivity index (χ3v) is 8.38. The summed E-state index contributed by atoms with van der Waals surface area (Å²) in [5.74, 6) is 0. The van der Waals surface area contributed by atoms with Gasteiger partial charge in [-0.2, -0.15) is 0 Å². The van der Waals surface area contributed by atoms with Crippen molar-refractivity contribution in [1.29, 1.82) is 0 Å². The average molecular weight is 527 g/mol. The van der Waals surface area contributed by atoms with Crippen molar-refractivity contribution in [2.75, 3.05) is 0 Å². The summed E-state index contributed by atoms with van der Waals surface area (Å²) in [5.41, 5.74) is 7.49. The SMILES string of the molecule is c1ccc(-c2cccc(-c3ccccc3SSc3ccccc3-c3cccc(-c4ccccn4)n3)n2)nc1. The van der Waals surface area contributed by atoms with Crippen LogP contribution in [-0.2, 0) is 0 Å². The van der Waals surface area contributed by atoms with E-state index in [0.29, 0.717) is 0 Å². The van der Waals surface area contributed by atoms with Gasteiger partial charge in [0.15, 0.2) is 0 Å². The van der Waals surface area contributed by atoms with Gasteiger partial charge >= 0.3 is 0 Å². The lowest BCUT2D eigenvalue weighted by molar-refractivity contribution is 1.24. The van der Waals surface area contributed by atoms with Gasteiger partial charge in [-0.1, -0.05) is 82.3 Å². The zero-order chi connectivity index (χ0) is 25.6. The number of benzene rings is 2. The van der Waals surface area contributed by atoms with Crippen molar-refractivity contribution in [3.63, 3.8) is 0 Å². The van der Waals surface area contributed by atoms with Crippen LogP contribution in [0.4, 0.5) is 0 Å². The van der Waals surface area contributed by atoms with Gasteiger partial charge in [-0.05, 0) is 60.7 Å². The minimum atomic E-state index is 0.861. The highest BCUT2D eigenvalue weighted by Crippen LogP contribution is 2.44. The highest BCUT2D eigenvalue weighted by Gasteiger charge is 2.13. The summed E-state index contributed by atoms with van der Waals surface area (Å²) in [7, 11) is 3.45. The number of rotatable bonds is 7. The number of pyridine rings is 4. The van der Waals surface area contributed by atoms with Crippen LogP contribution in [0.15, 0.2) is 144 Å². The van der Waals surface area contributed by atoms with Gasteiger partial charge in [-0.25, -0.2) is 9.97 Å². The summed E-state index contributed by atoms with van der Waals surface area (Å²) in [6.45, 7) is 0. The first kappa shape index (κ1) is 24.1. The van der Waals surface area contributed by atoms with Crippen LogP contribution in [0, 0.1) is 0 Å². The van der Waals surface area contributed by atoms with Gasteiger partial charge in [0.25, 0.3) is 0 Å². The smallest absolute Gasteiger partial charge is 0.0893 e. The van der Waals surface area contributed by atoms with Crippen LogP contribution < -0.4 is 0 Å². The van der Waals surface area contributed by atoms with Crippen molar-refractivity contribution in [1.82, 2.24) is 19.9 Å². The van der Waals surface area contributed by atoms with Crippen LogP contribution in [0.2, 0.25) is 0 Å². The predicted octanol–water partition coefficient (Wildman–Crippen LogP) is 8.73. The molecule has 0 atom stereocenters. The van der Waals surface area contributed by atoms with Crippen LogP contribution in [0.1, 0.15) is 0 Å². The Morgan fingerprint density at radius 1 is 0.342 bits per heavy atom. The quantitative estimate of drug-likeness (QED) is 0.194. The van der Waals surface area contributed by atoms with Gasteiger partial charge in [0.2, 0.25) is 0 Å². The van der Waals surface area contributed by atoms with E-state index in [2.05, 4.69) is 70.6 Å². The van der Waals surface area contributed by atoms with Crippen LogP contribution >= 0.6 is 21.6 Å². The molecule has 182 valence electrons. The maximum absolute atomic E-state index is 4.93. The first-order valence-electron chi connectivity index (χ1n) is 12.2. The van der Waals surface area contributed by atoms with E-state index in [1.807, 2.05) is 60.7 Å². The Labute approximate surface area is 229 Å². The van der Waals surface area contributed by atoms with E-state index >= 15 is 0 Å². The molecule has 0 amide bonds. The molecule has 2 aromatic carbocycles. The Hall–Kier alpha value is -4.26. The van der Waals surface area contributed by atoms with Crippen molar-refractivity contribution in [3.05, 3.63) is 134 Å². The second-order valence-corrected chi connectivity index (χ2v) is 10.6. The molecule has 4 aromatic heterocycles. The summed E-state index contributed by atoms with van der Waals surface area (Å²) < 4.78 is 0. The van der Waals surface area contributed by atoms with Gasteiger partial charge in [0, 0.05) is 33.3 Å². The molecule has 38 heavy (non-hydrogen) atoms. The maximum atomic E-state index is 4.93. The largest absolute Gasteiger partial charge is 0.255 e. The second-order valence-electron chi connectivity index (χ2n) is 8.41. The molecule has 0 saturated carbocycles. The molecule has 0 bridgehead atoms. The Balaban J connectivity index is 1.29. The highest BCUT2D eigenvalue weighted by molar-refractivity contribution is 8.76. The molecule has 6 heteroatoms. The third kappa shape index (κ3) is 5.37. The maximum Gasteiger partial charge on any atom is 0.0893 e. The minimum absolute atomic E-state index is 0.861. The number of nitrogens with zero attached hydrogens (tertiary/aromatic N) is 4. The number of aromatic nitrogens is 4. The molecule has 0 aliphatic rings. The molecule has 0 aliphatic heterocycles. The van der Waals surface area contributed by atoms with Crippen LogP contribution in [-0.4, -0.2) is 19.9 Å². The molecule has 0 N–H and O–H groups in total. The van der Waals surface area contributed by atoms with Crippen molar-refractivity contribution in [3.8, 4) is 45.3 Å². The summed E-state index contributed by atoms with van der Waals surface area (Å²) >= 11 is 0. The summed E-state index contributed by atoms with van der Waals surface area (Å²) in [5, 5.41) is 0. The molecule has 4 nitrogen and oxygen atoms in total. The van der Waals surface area contributed by atoms with Crippen LogP contribution in [0.5, 0.6) is 0 Å². The Morgan fingerprint density at radius 3 is 1.18 bits per heavy atom. The molecule has 4 heterocycles. The van der Waals surface area contributed by atoms with Crippen molar-refractivity contribution < 1.29 is 0 Å². The molecular formula is C32H22N4S2. The lowest BCUT2D eigenvalue weighted by Crippen LogP contribution is -1.91. The van der Waals surface area contributed by atoms with E-state index in [4.69, 9.17) is 9.97 Å².